The van der Waals surface area contributed by atoms with Crippen LogP contribution in [0.15, 0.2) is 53.7 Å². The summed E-state index contributed by atoms with van der Waals surface area (Å²) in [5, 5.41) is 14.7. The summed E-state index contributed by atoms with van der Waals surface area (Å²) in [6.45, 7) is 7.59. The molecule has 0 amide bonds. The Morgan fingerprint density at radius 3 is 2.73 bits per heavy atom. The van der Waals surface area contributed by atoms with Gasteiger partial charge in [0.25, 0.3) is 0 Å². The van der Waals surface area contributed by atoms with Crippen LogP contribution in [0.3, 0.4) is 0 Å². The number of halogens is 1. The molecule has 0 atom stereocenters. The third-order valence-electron chi connectivity index (χ3n) is 5.55. The summed E-state index contributed by atoms with van der Waals surface area (Å²) in [5.41, 5.74) is 5.32. The zero-order chi connectivity index (χ0) is 23.5. The van der Waals surface area contributed by atoms with Gasteiger partial charge in [-0.1, -0.05) is 30.7 Å². The highest BCUT2D eigenvalue weighted by Gasteiger charge is 2.13. The minimum Gasteiger partial charge on any atom is -0.478 e. The molecule has 0 radical (unpaired) electrons. The first-order valence-corrected chi connectivity index (χ1v) is 12.1. The summed E-state index contributed by atoms with van der Waals surface area (Å²) in [5.74, 6) is 0.575. The molecular formula is C25H25ClN4O2S. The van der Waals surface area contributed by atoms with Crippen LogP contribution in [0.5, 0.6) is 0 Å². The maximum atomic E-state index is 11.5. The molecule has 0 aliphatic carbocycles. The van der Waals surface area contributed by atoms with E-state index >= 15 is 0 Å². The zero-order valence-corrected chi connectivity index (χ0v) is 20.3. The molecule has 0 aliphatic heterocycles. The van der Waals surface area contributed by atoms with E-state index in [0.29, 0.717) is 17.9 Å². The Morgan fingerprint density at radius 1 is 1.15 bits per heavy atom. The van der Waals surface area contributed by atoms with Crippen molar-refractivity contribution in [2.24, 2.45) is 0 Å². The fourth-order valence-electron chi connectivity index (χ4n) is 3.93. The number of nitrogens with one attached hydrogen (secondary N) is 1. The molecule has 0 bridgehead atoms. The lowest BCUT2D eigenvalue weighted by Gasteiger charge is -2.12. The monoisotopic (exact) mass is 480 g/mol. The van der Waals surface area contributed by atoms with Gasteiger partial charge < -0.3 is 15.0 Å². The molecule has 0 unspecified atom stereocenters. The van der Waals surface area contributed by atoms with Gasteiger partial charge in [-0.05, 0) is 49.4 Å². The number of aromatic nitrogens is 3. The number of rotatable bonds is 8. The fourth-order valence-corrected chi connectivity index (χ4v) is 5.03. The predicted molar refractivity (Wildman–Crippen MR) is 136 cm³/mol. The standard InChI is InChI=1S/C25H25ClN4O2S/c1-4-33-22-12-17(6-7-18(22)25(31)32)21-13-23(29-14-28-21)27-9-10-30-16(3)11-19-15(2)5-8-20(26)24(19)30/h5-8,11-14H,4,9-10H2,1-3H3,(H,31,32)(H,27,28,29). The predicted octanol–water partition coefficient (Wildman–Crippen LogP) is 6.29. The van der Waals surface area contributed by atoms with E-state index in [-0.39, 0.29) is 0 Å². The highest BCUT2D eigenvalue weighted by molar-refractivity contribution is 7.99. The first kappa shape index (κ1) is 23.1. The molecule has 8 heteroatoms. The van der Waals surface area contributed by atoms with Crippen molar-refractivity contribution in [2.45, 2.75) is 32.2 Å². The Bertz CT molecular complexity index is 1340. The lowest BCUT2D eigenvalue weighted by Crippen LogP contribution is -2.12. The van der Waals surface area contributed by atoms with Gasteiger partial charge in [-0.25, -0.2) is 14.8 Å². The molecule has 2 heterocycles. The first-order valence-electron chi connectivity index (χ1n) is 10.7. The Morgan fingerprint density at radius 2 is 1.97 bits per heavy atom. The summed E-state index contributed by atoms with van der Waals surface area (Å²) in [7, 11) is 0. The number of carbonyl (C=O) groups is 1. The van der Waals surface area contributed by atoms with Crippen molar-refractivity contribution in [3.63, 3.8) is 0 Å². The normalized spacial score (nSPS) is 11.2. The molecule has 0 saturated carbocycles. The maximum absolute atomic E-state index is 11.5. The van der Waals surface area contributed by atoms with E-state index in [2.05, 4.69) is 39.8 Å². The minimum absolute atomic E-state index is 0.307. The number of aromatic carboxylic acids is 1. The van der Waals surface area contributed by atoms with Crippen LogP contribution in [-0.4, -0.2) is 37.9 Å². The van der Waals surface area contributed by atoms with Crippen molar-refractivity contribution in [3.05, 3.63) is 70.6 Å². The van der Waals surface area contributed by atoms with Crippen LogP contribution in [-0.2, 0) is 6.54 Å². The van der Waals surface area contributed by atoms with Crippen molar-refractivity contribution in [1.82, 2.24) is 14.5 Å². The Kier molecular flexibility index (Phi) is 6.91. The minimum atomic E-state index is -0.925. The largest absolute Gasteiger partial charge is 0.478 e. The van der Waals surface area contributed by atoms with Crippen molar-refractivity contribution in [3.8, 4) is 11.3 Å². The van der Waals surface area contributed by atoms with Gasteiger partial charge >= 0.3 is 5.97 Å². The van der Waals surface area contributed by atoms with Crippen LogP contribution in [0.2, 0.25) is 5.02 Å². The summed E-state index contributed by atoms with van der Waals surface area (Å²) < 4.78 is 2.22. The van der Waals surface area contributed by atoms with Crippen molar-refractivity contribution in [1.29, 1.82) is 0 Å². The van der Waals surface area contributed by atoms with Gasteiger partial charge in [-0.3, -0.25) is 0 Å². The highest BCUT2D eigenvalue weighted by Crippen LogP contribution is 2.30. The van der Waals surface area contributed by atoms with Crippen molar-refractivity contribution >= 4 is 46.1 Å². The second-order valence-electron chi connectivity index (χ2n) is 7.73. The van der Waals surface area contributed by atoms with Crippen LogP contribution < -0.4 is 5.32 Å². The van der Waals surface area contributed by atoms with Gasteiger partial charge in [0.15, 0.2) is 0 Å². The first-order chi connectivity index (χ1) is 15.9. The van der Waals surface area contributed by atoms with E-state index < -0.39 is 5.97 Å². The lowest BCUT2D eigenvalue weighted by atomic mass is 10.1. The summed E-state index contributed by atoms with van der Waals surface area (Å²) in [6, 6.07) is 13.3. The number of hydrogen-bond donors (Lipinski definition) is 2. The number of nitrogens with zero attached hydrogens (tertiary/aromatic N) is 3. The third-order valence-corrected chi connectivity index (χ3v) is 6.79. The fraction of sp³-hybridized carbons (Fsp3) is 0.240. The number of thioether (sulfide) groups is 1. The van der Waals surface area contributed by atoms with Gasteiger partial charge in [0, 0.05) is 40.7 Å². The van der Waals surface area contributed by atoms with Crippen LogP contribution in [0.25, 0.3) is 22.2 Å². The lowest BCUT2D eigenvalue weighted by molar-refractivity contribution is 0.0693. The van der Waals surface area contributed by atoms with Crippen molar-refractivity contribution in [2.75, 3.05) is 17.6 Å². The van der Waals surface area contributed by atoms with E-state index in [1.165, 1.54) is 29.0 Å². The molecular weight excluding hydrogens is 456 g/mol. The second kappa shape index (κ2) is 9.85. The number of hydrogen-bond acceptors (Lipinski definition) is 5. The van der Waals surface area contributed by atoms with E-state index in [4.69, 9.17) is 11.6 Å². The van der Waals surface area contributed by atoms with Gasteiger partial charge in [0.1, 0.15) is 12.1 Å². The number of aryl methyl sites for hydroxylation is 2. The molecule has 2 N–H and O–H groups in total. The quantitative estimate of drug-likeness (QED) is 0.288. The van der Waals surface area contributed by atoms with Crippen molar-refractivity contribution < 1.29 is 9.90 Å². The molecule has 0 saturated heterocycles. The third kappa shape index (κ3) is 4.84. The highest BCUT2D eigenvalue weighted by atomic mass is 35.5. The van der Waals surface area contributed by atoms with Crippen LogP contribution in [0.4, 0.5) is 5.82 Å². The molecule has 0 aliphatic rings. The average Bonchev–Trinajstić information content (AvgIpc) is 3.14. The van der Waals surface area contributed by atoms with Crippen LogP contribution >= 0.6 is 23.4 Å². The number of benzene rings is 2. The van der Waals surface area contributed by atoms with Gasteiger partial charge in [0.05, 0.1) is 21.8 Å². The Labute approximate surface area is 202 Å². The Balaban J connectivity index is 1.53. The SMILES string of the molecule is CCSc1cc(-c2cc(NCCn3c(C)cc4c(C)ccc(Cl)c43)ncn2)ccc1C(=O)O. The summed E-state index contributed by atoms with van der Waals surface area (Å²) in [4.78, 5) is 21.0. The second-order valence-corrected chi connectivity index (χ2v) is 9.44. The Hall–Kier alpha value is -3.03. The van der Waals surface area contributed by atoms with E-state index in [0.717, 1.165) is 44.7 Å². The number of carboxylic acids is 1. The molecule has 6 nitrogen and oxygen atoms in total. The summed E-state index contributed by atoms with van der Waals surface area (Å²) >= 11 is 8.00. The molecule has 0 fully saturated rings. The van der Waals surface area contributed by atoms with Gasteiger partial charge in [-0.15, -0.1) is 11.8 Å². The molecule has 2 aromatic heterocycles. The van der Waals surface area contributed by atoms with E-state index in [1.54, 1.807) is 12.1 Å². The van der Waals surface area contributed by atoms with Gasteiger partial charge in [0.2, 0.25) is 0 Å². The average molecular weight is 481 g/mol. The molecule has 0 spiro atoms. The molecule has 2 aromatic carbocycles. The zero-order valence-electron chi connectivity index (χ0n) is 18.7. The smallest absolute Gasteiger partial charge is 0.336 e. The van der Waals surface area contributed by atoms with E-state index in [9.17, 15) is 9.90 Å². The topological polar surface area (TPSA) is 80.0 Å². The van der Waals surface area contributed by atoms with Crippen LogP contribution in [0.1, 0.15) is 28.5 Å². The maximum Gasteiger partial charge on any atom is 0.336 e. The molecule has 33 heavy (non-hydrogen) atoms. The molecule has 4 aromatic rings. The number of anilines is 1. The molecule has 170 valence electrons. The summed E-state index contributed by atoms with van der Waals surface area (Å²) in [6.07, 6.45) is 1.52. The van der Waals surface area contributed by atoms with E-state index in [1.807, 2.05) is 31.2 Å². The number of carboxylic acid groups (broad SMARTS) is 1. The number of fused-ring (bicyclic) bond motifs is 1. The molecule has 4 rings (SSSR count). The van der Waals surface area contributed by atoms with Gasteiger partial charge in [-0.2, -0.15) is 0 Å². The van der Waals surface area contributed by atoms with Crippen LogP contribution in [0, 0.1) is 13.8 Å².